The van der Waals surface area contributed by atoms with E-state index in [-0.39, 0.29) is 18.7 Å². The van der Waals surface area contributed by atoms with Crippen molar-refractivity contribution in [2.45, 2.75) is 32.6 Å². The molecule has 4 nitrogen and oxygen atoms in total. The van der Waals surface area contributed by atoms with Crippen LogP contribution >= 0.6 is 23.2 Å². The van der Waals surface area contributed by atoms with E-state index in [1.165, 1.54) is 11.1 Å². The fourth-order valence-electron chi connectivity index (χ4n) is 2.37. The minimum Gasteiger partial charge on any atom is -0.441 e. The SMILES string of the molecule is CCCN(CC(F)F)C(=O)CCc1ncc(-c2ccc(Cl)cc2Cl)o1. The van der Waals surface area contributed by atoms with Gasteiger partial charge in [-0.25, -0.2) is 13.8 Å². The summed E-state index contributed by atoms with van der Waals surface area (Å²) in [5, 5.41) is 0.937. The van der Waals surface area contributed by atoms with Gasteiger partial charge in [-0.2, -0.15) is 0 Å². The Morgan fingerprint density at radius 1 is 1.36 bits per heavy atom. The van der Waals surface area contributed by atoms with Crippen molar-refractivity contribution in [1.82, 2.24) is 9.88 Å². The maximum Gasteiger partial charge on any atom is 0.255 e. The largest absolute Gasteiger partial charge is 0.441 e. The van der Waals surface area contributed by atoms with Crippen molar-refractivity contribution in [3.63, 3.8) is 0 Å². The second kappa shape index (κ2) is 9.15. The highest BCUT2D eigenvalue weighted by Crippen LogP contribution is 2.30. The summed E-state index contributed by atoms with van der Waals surface area (Å²) in [5.74, 6) is 0.469. The van der Waals surface area contributed by atoms with Crippen LogP contribution in [0.1, 0.15) is 25.7 Å². The van der Waals surface area contributed by atoms with Crippen LogP contribution in [0.3, 0.4) is 0 Å². The first-order chi connectivity index (χ1) is 11.9. The molecule has 25 heavy (non-hydrogen) atoms. The molecule has 2 aromatic rings. The molecule has 1 amide bonds. The Morgan fingerprint density at radius 3 is 2.76 bits per heavy atom. The van der Waals surface area contributed by atoms with Crippen molar-refractivity contribution in [2.75, 3.05) is 13.1 Å². The molecule has 0 unspecified atom stereocenters. The van der Waals surface area contributed by atoms with E-state index in [4.69, 9.17) is 27.6 Å². The Bertz CT molecular complexity index is 722. The number of rotatable bonds is 8. The number of nitrogens with zero attached hydrogens (tertiary/aromatic N) is 2. The van der Waals surface area contributed by atoms with E-state index < -0.39 is 13.0 Å². The lowest BCUT2D eigenvalue weighted by atomic mass is 10.2. The number of carbonyl (C=O) groups excluding carboxylic acids is 1. The van der Waals surface area contributed by atoms with Gasteiger partial charge in [-0.3, -0.25) is 4.79 Å². The van der Waals surface area contributed by atoms with E-state index in [0.29, 0.717) is 40.2 Å². The topological polar surface area (TPSA) is 46.3 Å². The van der Waals surface area contributed by atoms with Gasteiger partial charge in [-0.05, 0) is 24.6 Å². The van der Waals surface area contributed by atoms with Crippen LogP contribution in [0.4, 0.5) is 8.78 Å². The Hall–Kier alpha value is -1.66. The zero-order chi connectivity index (χ0) is 18.4. The highest BCUT2D eigenvalue weighted by Gasteiger charge is 2.18. The molecule has 0 N–H and O–H groups in total. The van der Waals surface area contributed by atoms with Gasteiger partial charge in [0.1, 0.15) is 0 Å². The van der Waals surface area contributed by atoms with Crippen LogP contribution in [-0.4, -0.2) is 35.3 Å². The van der Waals surface area contributed by atoms with Gasteiger partial charge in [0.2, 0.25) is 5.91 Å². The molecule has 0 fully saturated rings. The smallest absolute Gasteiger partial charge is 0.255 e. The maximum atomic E-state index is 12.5. The second-order valence-corrected chi connectivity index (χ2v) is 6.32. The monoisotopic (exact) mass is 390 g/mol. The quantitative estimate of drug-likeness (QED) is 0.630. The molecular formula is C17H18Cl2F2N2O2. The molecule has 0 aliphatic heterocycles. The molecule has 0 spiro atoms. The van der Waals surface area contributed by atoms with Gasteiger partial charge in [-0.1, -0.05) is 30.1 Å². The third-order valence-corrected chi connectivity index (χ3v) is 4.06. The molecule has 8 heteroatoms. The maximum absolute atomic E-state index is 12.5. The lowest BCUT2D eigenvalue weighted by molar-refractivity contribution is -0.133. The standard InChI is InChI=1S/C17H18Cl2F2N2O2/c1-2-7-23(10-15(20)21)17(24)6-5-16-22-9-14(25-16)12-4-3-11(18)8-13(12)19/h3-4,8-9,15H,2,5-7,10H2,1H3. The minimum atomic E-state index is -2.55. The summed E-state index contributed by atoms with van der Waals surface area (Å²) in [6.45, 7) is 1.59. The number of halogens is 4. The normalized spacial score (nSPS) is 11.1. The van der Waals surface area contributed by atoms with E-state index >= 15 is 0 Å². The van der Waals surface area contributed by atoms with Crippen LogP contribution < -0.4 is 0 Å². The van der Waals surface area contributed by atoms with Gasteiger partial charge < -0.3 is 9.32 Å². The van der Waals surface area contributed by atoms with Crippen LogP contribution in [0.25, 0.3) is 11.3 Å². The molecule has 0 radical (unpaired) electrons. The van der Waals surface area contributed by atoms with E-state index in [1.807, 2.05) is 6.92 Å². The average Bonchev–Trinajstić information content (AvgIpc) is 3.00. The molecule has 1 aromatic heterocycles. The highest BCUT2D eigenvalue weighted by molar-refractivity contribution is 6.36. The second-order valence-electron chi connectivity index (χ2n) is 5.47. The third kappa shape index (κ3) is 5.68. The average molecular weight is 391 g/mol. The van der Waals surface area contributed by atoms with Crippen molar-refractivity contribution in [3.8, 4) is 11.3 Å². The zero-order valence-electron chi connectivity index (χ0n) is 13.6. The molecule has 136 valence electrons. The number of hydrogen-bond donors (Lipinski definition) is 0. The number of alkyl halides is 2. The molecule has 1 aromatic carbocycles. The van der Waals surface area contributed by atoms with E-state index in [0.717, 1.165) is 0 Å². The Morgan fingerprint density at radius 2 is 2.12 bits per heavy atom. The zero-order valence-corrected chi connectivity index (χ0v) is 15.2. The Kier molecular flexibility index (Phi) is 7.20. The van der Waals surface area contributed by atoms with Crippen LogP contribution in [0.15, 0.2) is 28.8 Å². The lowest BCUT2D eigenvalue weighted by Crippen LogP contribution is -2.35. The van der Waals surface area contributed by atoms with Gasteiger partial charge in [0, 0.05) is 30.0 Å². The Labute approximate surface area is 154 Å². The molecule has 0 saturated heterocycles. The summed E-state index contributed by atoms with van der Waals surface area (Å²) in [6.07, 6.45) is -0.126. The van der Waals surface area contributed by atoms with Crippen molar-refractivity contribution >= 4 is 29.1 Å². The molecule has 0 atom stereocenters. The van der Waals surface area contributed by atoms with Crippen LogP contribution in [-0.2, 0) is 11.2 Å². The van der Waals surface area contributed by atoms with Crippen molar-refractivity contribution < 1.29 is 18.0 Å². The number of carbonyl (C=O) groups is 1. The van der Waals surface area contributed by atoms with Gasteiger partial charge in [0.25, 0.3) is 6.43 Å². The van der Waals surface area contributed by atoms with Crippen molar-refractivity contribution in [2.24, 2.45) is 0 Å². The summed E-state index contributed by atoms with van der Waals surface area (Å²) in [5.41, 5.74) is 0.640. The van der Waals surface area contributed by atoms with E-state index in [2.05, 4.69) is 4.98 Å². The first-order valence-electron chi connectivity index (χ1n) is 7.86. The predicted octanol–water partition coefficient (Wildman–Crippen LogP) is 5.08. The number of benzene rings is 1. The third-order valence-electron chi connectivity index (χ3n) is 3.51. The number of amides is 1. The fraction of sp³-hybridized carbons (Fsp3) is 0.412. The summed E-state index contributed by atoms with van der Waals surface area (Å²) >= 11 is 12.0. The van der Waals surface area contributed by atoms with Gasteiger partial charge in [0.15, 0.2) is 11.7 Å². The molecule has 0 saturated carbocycles. The first-order valence-corrected chi connectivity index (χ1v) is 8.62. The highest BCUT2D eigenvalue weighted by atomic mass is 35.5. The number of aromatic nitrogens is 1. The molecule has 1 heterocycles. The van der Waals surface area contributed by atoms with E-state index in [1.54, 1.807) is 18.2 Å². The Balaban J connectivity index is 2.00. The van der Waals surface area contributed by atoms with Gasteiger partial charge >= 0.3 is 0 Å². The first kappa shape index (κ1) is 19.7. The van der Waals surface area contributed by atoms with Crippen LogP contribution in [0.5, 0.6) is 0 Å². The summed E-state index contributed by atoms with van der Waals surface area (Å²) in [6, 6.07) is 4.99. The lowest BCUT2D eigenvalue weighted by Gasteiger charge is -2.21. The van der Waals surface area contributed by atoms with Crippen LogP contribution in [0, 0.1) is 0 Å². The van der Waals surface area contributed by atoms with Gasteiger partial charge in [-0.15, -0.1) is 0 Å². The molecule has 0 aliphatic rings. The summed E-state index contributed by atoms with van der Waals surface area (Å²) in [7, 11) is 0. The molecular weight excluding hydrogens is 373 g/mol. The van der Waals surface area contributed by atoms with Crippen LogP contribution in [0.2, 0.25) is 10.0 Å². The van der Waals surface area contributed by atoms with Gasteiger partial charge in [0.05, 0.1) is 17.8 Å². The fourth-order valence-corrected chi connectivity index (χ4v) is 2.87. The summed E-state index contributed by atoms with van der Waals surface area (Å²) in [4.78, 5) is 17.4. The number of aryl methyl sites for hydroxylation is 1. The number of hydrogen-bond acceptors (Lipinski definition) is 3. The summed E-state index contributed by atoms with van der Waals surface area (Å²) < 4.78 is 30.7. The van der Waals surface area contributed by atoms with E-state index in [9.17, 15) is 13.6 Å². The van der Waals surface area contributed by atoms with Crippen molar-refractivity contribution in [1.29, 1.82) is 0 Å². The molecule has 0 bridgehead atoms. The minimum absolute atomic E-state index is 0.0566. The van der Waals surface area contributed by atoms with Crippen molar-refractivity contribution in [3.05, 3.63) is 40.3 Å². The molecule has 2 rings (SSSR count). The predicted molar refractivity (Wildman–Crippen MR) is 93.2 cm³/mol. The number of oxazole rings is 1. The molecule has 0 aliphatic carbocycles.